The molecule has 17 heteroatoms. The lowest BCUT2D eigenvalue weighted by molar-refractivity contribution is -0.728. The summed E-state index contributed by atoms with van der Waals surface area (Å²) in [6.45, 7) is 4.95. The number of halogens is 3. The lowest BCUT2D eigenvalue weighted by atomic mass is 9.85. The second kappa shape index (κ2) is 13.3. The van der Waals surface area contributed by atoms with E-state index in [2.05, 4.69) is 20.6 Å². The first-order valence-electron chi connectivity index (χ1n) is 13.4. The summed E-state index contributed by atoms with van der Waals surface area (Å²) in [5.41, 5.74) is -0.950. The molecule has 5 rings (SSSR count). The molecule has 0 spiro atoms. The van der Waals surface area contributed by atoms with Crippen molar-refractivity contribution in [1.82, 2.24) is 34.9 Å². The third-order valence-electron chi connectivity index (χ3n) is 7.07. The molecule has 2 amide bonds. The Labute approximate surface area is 256 Å². The molecule has 1 fully saturated rings. The van der Waals surface area contributed by atoms with E-state index in [1.54, 1.807) is 45.0 Å². The minimum atomic E-state index is -2.05. The van der Waals surface area contributed by atoms with Gasteiger partial charge in [-0.05, 0) is 61.5 Å². The number of benzene rings is 2. The van der Waals surface area contributed by atoms with Crippen LogP contribution in [0.2, 0.25) is 0 Å². The Bertz CT molecular complexity index is 1590. The zero-order valence-electron chi connectivity index (χ0n) is 24.0. The van der Waals surface area contributed by atoms with Gasteiger partial charge in [0.15, 0.2) is 0 Å². The predicted molar refractivity (Wildman–Crippen MR) is 143 cm³/mol. The molecule has 2 atom stereocenters. The third kappa shape index (κ3) is 6.75. The highest BCUT2D eigenvalue weighted by Gasteiger charge is 2.47. The Hall–Kier alpha value is -4.70. The van der Waals surface area contributed by atoms with E-state index in [-0.39, 0.29) is 43.9 Å². The van der Waals surface area contributed by atoms with Gasteiger partial charge in [-0.15, -0.1) is 9.78 Å². The first-order chi connectivity index (χ1) is 20.5. The van der Waals surface area contributed by atoms with Gasteiger partial charge >= 0.3 is 12.2 Å². The average molecular weight is 634 g/mol. The molecule has 4 aromatic rings. The number of amides is 2. The Balaban J connectivity index is 0.00000442. The lowest BCUT2D eigenvalue weighted by Crippen LogP contribution is -3.00. The Kier molecular flexibility index (Phi) is 9.74. The minimum absolute atomic E-state index is 0. The topological polar surface area (TPSA) is 145 Å². The number of ether oxygens (including phenoxy) is 2. The molecule has 0 aliphatic carbocycles. The molecule has 3 heterocycles. The van der Waals surface area contributed by atoms with Crippen molar-refractivity contribution in [3.8, 4) is 5.69 Å². The van der Waals surface area contributed by atoms with Crippen molar-refractivity contribution in [3.05, 3.63) is 78.6 Å². The monoisotopic (exact) mass is 633 g/mol. The molecular weight excluding hydrogens is 604 g/mol. The number of carbonyl (C=O) groups is 2. The van der Waals surface area contributed by atoms with Crippen molar-refractivity contribution < 1.29 is 49.9 Å². The van der Waals surface area contributed by atoms with E-state index in [0.717, 1.165) is 12.1 Å². The number of aliphatic hydroxyl groups is 1. The highest BCUT2D eigenvalue weighted by atomic mass is 35.5. The first kappa shape index (κ1) is 32.2. The summed E-state index contributed by atoms with van der Waals surface area (Å²) in [7, 11) is 0. The molecular formula is C27H30ClF2N9O5. The van der Waals surface area contributed by atoms with E-state index >= 15 is 4.39 Å². The Morgan fingerprint density at radius 3 is 2.50 bits per heavy atom. The quantitative estimate of drug-likeness (QED) is 0.175. The van der Waals surface area contributed by atoms with Crippen LogP contribution in [0, 0.1) is 11.6 Å². The second-order valence-electron chi connectivity index (χ2n) is 10.3. The zero-order valence-corrected chi connectivity index (χ0v) is 24.8. The predicted octanol–water partition coefficient (Wildman–Crippen LogP) is -0.834. The minimum Gasteiger partial charge on any atom is -1.00 e. The van der Waals surface area contributed by atoms with Gasteiger partial charge in [0.1, 0.15) is 30.1 Å². The van der Waals surface area contributed by atoms with Crippen LogP contribution in [0.25, 0.3) is 5.69 Å². The maximum Gasteiger partial charge on any atom is 0.511 e. The summed E-state index contributed by atoms with van der Waals surface area (Å²) in [6.07, 6.45) is 3.01. The smallest absolute Gasteiger partial charge is 0.511 e. The number of nitrogens with zero attached hydrogens (tertiary/aromatic N) is 9. The number of rotatable bonds is 10. The summed E-state index contributed by atoms with van der Waals surface area (Å²) in [4.78, 5) is 28.3. The average Bonchev–Trinajstić information content (AvgIpc) is 3.73. The van der Waals surface area contributed by atoms with E-state index in [4.69, 9.17) is 9.47 Å². The molecule has 0 saturated carbocycles. The summed E-state index contributed by atoms with van der Waals surface area (Å²) >= 11 is 0. The van der Waals surface area contributed by atoms with Crippen LogP contribution in [0.1, 0.15) is 26.3 Å². The first-order valence-corrected chi connectivity index (χ1v) is 13.4. The lowest BCUT2D eigenvalue weighted by Gasteiger charge is -2.38. The van der Waals surface area contributed by atoms with Crippen molar-refractivity contribution in [3.63, 3.8) is 0 Å². The van der Waals surface area contributed by atoms with Gasteiger partial charge in [-0.25, -0.2) is 27.6 Å². The second-order valence-corrected chi connectivity index (χ2v) is 10.3. The molecule has 1 N–H and O–H groups in total. The van der Waals surface area contributed by atoms with Gasteiger partial charge in [0.2, 0.25) is 13.1 Å². The standard InChI is InChI=1S/C27H30F2N9O5.ClH/c1-18(2)43-26(40)42-17-34-15-31-35(16-34)13-27(41,23-9-4-20(28)12-24(23)29)19(3)36-10-11-37(25(36)39)21-5-7-22(8-6-21)38-14-30-32-33-38;/h4-9,12,14-16,18-19,41H,10-11,13,17H2,1-3H3;1H/q+1;/p-1/t19-,27+;/m1./s1. The molecule has 234 valence electrons. The number of anilines is 1. The van der Waals surface area contributed by atoms with Crippen LogP contribution in [-0.4, -0.2) is 77.4 Å². The maximum absolute atomic E-state index is 15.2. The van der Waals surface area contributed by atoms with Crippen molar-refractivity contribution in [2.75, 3.05) is 18.0 Å². The van der Waals surface area contributed by atoms with Crippen LogP contribution < -0.4 is 21.9 Å². The summed E-state index contributed by atoms with van der Waals surface area (Å²) in [5.74, 6) is -1.79. The van der Waals surface area contributed by atoms with Crippen LogP contribution in [0.4, 0.5) is 24.1 Å². The van der Waals surface area contributed by atoms with E-state index in [9.17, 15) is 19.1 Å². The van der Waals surface area contributed by atoms with Crippen molar-refractivity contribution in [1.29, 1.82) is 0 Å². The number of urea groups is 1. The summed E-state index contributed by atoms with van der Waals surface area (Å²) < 4.78 is 43.2. The molecule has 0 radical (unpaired) electrons. The fourth-order valence-corrected chi connectivity index (χ4v) is 4.87. The van der Waals surface area contributed by atoms with Crippen LogP contribution in [0.5, 0.6) is 0 Å². The molecule has 44 heavy (non-hydrogen) atoms. The summed E-state index contributed by atoms with van der Waals surface area (Å²) in [5, 5.41) is 27.4. The van der Waals surface area contributed by atoms with Gasteiger partial charge in [0, 0.05) is 35.5 Å². The molecule has 1 saturated heterocycles. The molecule has 14 nitrogen and oxygen atoms in total. The highest BCUT2D eigenvalue weighted by Crippen LogP contribution is 2.35. The number of aromatic nitrogens is 7. The van der Waals surface area contributed by atoms with Crippen LogP contribution in [-0.2, 0) is 28.4 Å². The number of carbonyl (C=O) groups excluding carboxylic acids is 2. The SMILES string of the molecule is CC(C)OC(=O)OC[n+]1cnn(C[C@@](O)(c2ccc(F)cc2F)[C@@H](C)N2CCN(c3ccc(-n4cnnn4)cc3)C2=O)c1.[Cl-]. The molecule has 1 aliphatic heterocycles. The van der Waals surface area contributed by atoms with E-state index in [1.807, 2.05) is 0 Å². The van der Waals surface area contributed by atoms with Gasteiger partial charge in [-0.1, -0.05) is 6.07 Å². The summed E-state index contributed by atoms with van der Waals surface area (Å²) in [6, 6.07) is 8.49. The molecule has 2 aromatic heterocycles. The fraction of sp³-hybridized carbons (Fsp3) is 0.370. The third-order valence-corrected chi connectivity index (χ3v) is 7.07. The zero-order chi connectivity index (χ0) is 30.7. The van der Waals surface area contributed by atoms with E-state index in [0.29, 0.717) is 24.0 Å². The maximum atomic E-state index is 15.2. The van der Waals surface area contributed by atoms with Crippen molar-refractivity contribution in [2.45, 2.75) is 51.8 Å². The van der Waals surface area contributed by atoms with Crippen molar-refractivity contribution >= 4 is 17.9 Å². The fourth-order valence-electron chi connectivity index (χ4n) is 4.87. The van der Waals surface area contributed by atoms with Crippen LogP contribution in [0.15, 0.2) is 61.4 Å². The largest absolute Gasteiger partial charge is 1.00 e. The molecule has 0 unspecified atom stereocenters. The van der Waals surface area contributed by atoms with E-state index in [1.165, 1.54) is 42.7 Å². The molecule has 2 aromatic carbocycles. The molecule has 1 aliphatic rings. The van der Waals surface area contributed by atoms with Gasteiger partial charge in [0.05, 0.1) is 17.8 Å². The molecule has 0 bridgehead atoms. The number of hydrogen-bond donors (Lipinski definition) is 1. The Morgan fingerprint density at radius 2 is 1.84 bits per heavy atom. The normalized spacial score (nSPS) is 15.2. The van der Waals surface area contributed by atoms with Crippen molar-refractivity contribution in [2.24, 2.45) is 0 Å². The van der Waals surface area contributed by atoms with Crippen LogP contribution in [0.3, 0.4) is 0 Å². The van der Waals surface area contributed by atoms with Gasteiger partial charge in [-0.3, -0.25) is 4.90 Å². The van der Waals surface area contributed by atoms with Gasteiger partial charge in [0.25, 0.3) is 6.33 Å². The van der Waals surface area contributed by atoms with Gasteiger partial charge in [-0.2, -0.15) is 0 Å². The van der Waals surface area contributed by atoms with Crippen LogP contribution >= 0.6 is 0 Å². The highest BCUT2D eigenvalue weighted by molar-refractivity contribution is 5.94. The number of hydrogen-bond acceptors (Lipinski definition) is 9. The van der Waals surface area contributed by atoms with Gasteiger partial charge < -0.3 is 31.9 Å². The van der Waals surface area contributed by atoms with E-state index < -0.39 is 35.5 Å². The number of tetrazole rings is 1. The Morgan fingerprint density at radius 1 is 1.11 bits per heavy atom.